The van der Waals surface area contributed by atoms with E-state index in [1.165, 1.54) is 5.56 Å². The molecule has 4 heteroatoms. The van der Waals surface area contributed by atoms with Crippen molar-refractivity contribution in [2.45, 2.75) is 13.5 Å². The smallest absolute Gasteiger partial charge is 0.291 e. The first kappa shape index (κ1) is 12.4. The van der Waals surface area contributed by atoms with E-state index in [1.54, 1.807) is 0 Å². The molecule has 0 bridgehead atoms. The number of aryl methyl sites for hydroxylation is 1. The highest BCUT2D eigenvalue weighted by Crippen LogP contribution is 2.11. The number of nitrogens with one attached hydrogen (secondary N) is 2. The highest BCUT2D eigenvalue weighted by molar-refractivity contribution is 5.75. The average molecular weight is 265 g/mol. The van der Waals surface area contributed by atoms with Gasteiger partial charge in [0, 0.05) is 6.54 Å². The average Bonchev–Trinajstić information content (AvgIpc) is 2.46. The molecule has 2 N–H and O–H groups in total. The van der Waals surface area contributed by atoms with Crippen LogP contribution in [0.2, 0.25) is 0 Å². The van der Waals surface area contributed by atoms with Crippen LogP contribution in [0.15, 0.2) is 53.3 Å². The topological polar surface area (TPSA) is 57.8 Å². The number of rotatable bonds is 3. The standard InChI is InChI=1S/C16H15N3O/c1-11-6-2-3-7-12(11)10-17-15-16(20)19-14-9-5-4-8-13(14)18-15/h2-9H,10H2,1H3,(H,17,18)(H,19,20). The molecule has 0 amide bonds. The van der Waals surface area contributed by atoms with Gasteiger partial charge in [0.15, 0.2) is 5.82 Å². The zero-order valence-corrected chi connectivity index (χ0v) is 11.2. The number of H-pyrrole nitrogens is 1. The maximum atomic E-state index is 12.0. The van der Waals surface area contributed by atoms with Gasteiger partial charge in [0.25, 0.3) is 5.56 Å². The minimum Gasteiger partial charge on any atom is -0.361 e. The summed E-state index contributed by atoms with van der Waals surface area (Å²) in [5, 5.41) is 3.11. The predicted octanol–water partition coefficient (Wildman–Crippen LogP) is 2.84. The zero-order chi connectivity index (χ0) is 13.9. The molecule has 0 unspecified atom stereocenters. The first-order valence-corrected chi connectivity index (χ1v) is 6.51. The Morgan fingerprint density at radius 3 is 2.70 bits per heavy atom. The fraction of sp³-hybridized carbons (Fsp3) is 0.125. The SMILES string of the molecule is Cc1ccccc1CNc1nc2ccccc2[nH]c1=O. The second kappa shape index (κ2) is 5.17. The summed E-state index contributed by atoms with van der Waals surface area (Å²) in [5.74, 6) is 0.354. The number of nitrogens with zero attached hydrogens (tertiary/aromatic N) is 1. The number of hydrogen-bond acceptors (Lipinski definition) is 3. The van der Waals surface area contributed by atoms with Crippen molar-refractivity contribution < 1.29 is 0 Å². The van der Waals surface area contributed by atoms with Gasteiger partial charge in [-0.2, -0.15) is 0 Å². The number of fused-ring (bicyclic) bond motifs is 1. The van der Waals surface area contributed by atoms with Gasteiger partial charge in [0.05, 0.1) is 11.0 Å². The van der Waals surface area contributed by atoms with E-state index in [4.69, 9.17) is 0 Å². The van der Waals surface area contributed by atoms with Gasteiger partial charge in [-0.15, -0.1) is 0 Å². The molecular formula is C16H15N3O. The number of aromatic amines is 1. The molecule has 0 atom stereocenters. The van der Waals surface area contributed by atoms with Crippen LogP contribution >= 0.6 is 0 Å². The quantitative estimate of drug-likeness (QED) is 0.765. The summed E-state index contributed by atoms with van der Waals surface area (Å²) in [6.07, 6.45) is 0. The summed E-state index contributed by atoms with van der Waals surface area (Å²) in [7, 11) is 0. The summed E-state index contributed by atoms with van der Waals surface area (Å²) < 4.78 is 0. The Morgan fingerprint density at radius 2 is 1.85 bits per heavy atom. The number of aromatic nitrogens is 2. The first-order valence-electron chi connectivity index (χ1n) is 6.51. The van der Waals surface area contributed by atoms with Crippen LogP contribution in [-0.2, 0) is 6.54 Å². The fourth-order valence-corrected chi connectivity index (χ4v) is 2.14. The van der Waals surface area contributed by atoms with Gasteiger partial charge in [-0.3, -0.25) is 4.79 Å². The van der Waals surface area contributed by atoms with Gasteiger partial charge in [-0.1, -0.05) is 36.4 Å². The van der Waals surface area contributed by atoms with Crippen molar-refractivity contribution in [2.75, 3.05) is 5.32 Å². The van der Waals surface area contributed by atoms with Crippen LogP contribution in [0.3, 0.4) is 0 Å². The summed E-state index contributed by atoms with van der Waals surface area (Å²) >= 11 is 0. The molecule has 4 nitrogen and oxygen atoms in total. The van der Waals surface area contributed by atoms with Crippen molar-refractivity contribution >= 4 is 16.9 Å². The van der Waals surface area contributed by atoms with Crippen LogP contribution in [-0.4, -0.2) is 9.97 Å². The number of para-hydroxylation sites is 2. The van der Waals surface area contributed by atoms with Gasteiger partial charge >= 0.3 is 0 Å². The normalized spacial score (nSPS) is 10.7. The molecule has 3 rings (SSSR count). The Morgan fingerprint density at radius 1 is 1.10 bits per heavy atom. The lowest BCUT2D eigenvalue weighted by atomic mass is 10.1. The molecular weight excluding hydrogens is 250 g/mol. The largest absolute Gasteiger partial charge is 0.361 e. The van der Waals surface area contributed by atoms with Crippen LogP contribution < -0.4 is 10.9 Å². The van der Waals surface area contributed by atoms with Gasteiger partial charge < -0.3 is 10.3 Å². The Bertz CT molecular complexity index is 808. The van der Waals surface area contributed by atoms with Gasteiger partial charge in [0.2, 0.25) is 0 Å². The van der Waals surface area contributed by atoms with Gasteiger partial charge in [-0.25, -0.2) is 4.98 Å². The van der Waals surface area contributed by atoms with Crippen molar-refractivity contribution in [3.63, 3.8) is 0 Å². The van der Waals surface area contributed by atoms with E-state index in [0.717, 1.165) is 16.6 Å². The van der Waals surface area contributed by atoms with Crippen molar-refractivity contribution in [2.24, 2.45) is 0 Å². The van der Waals surface area contributed by atoms with E-state index < -0.39 is 0 Å². The lowest BCUT2D eigenvalue weighted by molar-refractivity contribution is 1.07. The molecule has 0 aliphatic carbocycles. The molecule has 0 spiro atoms. The maximum absolute atomic E-state index is 12.0. The molecule has 1 aromatic heterocycles. The predicted molar refractivity (Wildman–Crippen MR) is 80.9 cm³/mol. The van der Waals surface area contributed by atoms with Crippen molar-refractivity contribution in [1.82, 2.24) is 9.97 Å². The molecule has 1 heterocycles. The van der Waals surface area contributed by atoms with E-state index in [2.05, 4.69) is 28.3 Å². The molecule has 0 fully saturated rings. The highest BCUT2D eigenvalue weighted by atomic mass is 16.1. The Hall–Kier alpha value is -2.62. The van der Waals surface area contributed by atoms with E-state index in [-0.39, 0.29) is 5.56 Å². The van der Waals surface area contributed by atoms with E-state index >= 15 is 0 Å². The first-order chi connectivity index (χ1) is 9.74. The molecule has 20 heavy (non-hydrogen) atoms. The molecule has 0 aliphatic heterocycles. The van der Waals surface area contributed by atoms with Gasteiger partial charge in [-0.05, 0) is 30.2 Å². The molecule has 100 valence electrons. The monoisotopic (exact) mass is 265 g/mol. The molecule has 3 aromatic rings. The molecule has 0 radical (unpaired) electrons. The Labute approximate surface area is 116 Å². The minimum absolute atomic E-state index is 0.197. The lowest BCUT2D eigenvalue weighted by Crippen LogP contribution is -2.16. The van der Waals surface area contributed by atoms with Crippen molar-refractivity contribution in [3.8, 4) is 0 Å². The number of anilines is 1. The minimum atomic E-state index is -0.197. The van der Waals surface area contributed by atoms with E-state index in [1.807, 2.05) is 42.5 Å². The Kier molecular flexibility index (Phi) is 3.21. The van der Waals surface area contributed by atoms with Crippen LogP contribution in [0.25, 0.3) is 11.0 Å². The number of hydrogen-bond donors (Lipinski definition) is 2. The zero-order valence-electron chi connectivity index (χ0n) is 11.2. The molecule has 2 aromatic carbocycles. The second-order valence-electron chi connectivity index (χ2n) is 4.71. The second-order valence-corrected chi connectivity index (χ2v) is 4.71. The Balaban J connectivity index is 1.89. The van der Waals surface area contributed by atoms with Crippen LogP contribution in [0.1, 0.15) is 11.1 Å². The van der Waals surface area contributed by atoms with Crippen molar-refractivity contribution in [3.05, 3.63) is 70.0 Å². The van der Waals surface area contributed by atoms with Gasteiger partial charge in [0.1, 0.15) is 0 Å². The summed E-state index contributed by atoms with van der Waals surface area (Å²) in [6, 6.07) is 15.6. The summed E-state index contributed by atoms with van der Waals surface area (Å²) in [6.45, 7) is 2.64. The molecule has 0 saturated carbocycles. The van der Waals surface area contributed by atoms with Crippen LogP contribution in [0.5, 0.6) is 0 Å². The van der Waals surface area contributed by atoms with Crippen LogP contribution in [0.4, 0.5) is 5.82 Å². The van der Waals surface area contributed by atoms with Crippen molar-refractivity contribution in [1.29, 1.82) is 0 Å². The maximum Gasteiger partial charge on any atom is 0.291 e. The molecule has 0 aliphatic rings. The highest BCUT2D eigenvalue weighted by Gasteiger charge is 2.04. The fourth-order valence-electron chi connectivity index (χ4n) is 2.14. The summed E-state index contributed by atoms with van der Waals surface area (Å²) in [4.78, 5) is 19.2. The third kappa shape index (κ3) is 2.40. The number of benzene rings is 2. The third-order valence-corrected chi connectivity index (χ3v) is 3.31. The lowest BCUT2D eigenvalue weighted by Gasteiger charge is -2.08. The third-order valence-electron chi connectivity index (χ3n) is 3.31. The van der Waals surface area contributed by atoms with E-state index in [0.29, 0.717) is 12.4 Å². The summed E-state index contributed by atoms with van der Waals surface area (Å²) in [5.41, 5.74) is 3.68. The molecule has 0 saturated heterocycles. The van der Waals surface area contributed by atoms with Crippen LogP contribution in [0, 0.1) is 6.92 Å². The van der Waals surface area contributed by atoms with E-state index in [9.17, 15) is 4.79 Å².